The Bertz CT molecular complexity index is 345. The summed E-state index contributed by atoms with van der Waals surface area (Å²) >= 11 is 0. The van der Waals surface area contributed by atoms with Gasteiger partial charge in [-0.25, -0.2) is 0 Å². The van der Waals surface area contributed by atoms with Crippen molar-refractivity contribution >= 4 is 11.9 Å². The van der Waals surface area contributed by atoms with E-state index in [-0.39, 0.29) is 11.8 Å². The molecule has 4 nitrogen and oxygen atoms in total. The molecule has 4 heteroatoms. The van der Waals surface area contributed by atoms with Crippen LogP contribution in [-0.4, -0.2) is 35.0 Å². The van der Waals surface area contributed by atoms with Crippen molar-refractivity contribution in [3.8, 4) is 0 Å². The summed E-state index contributed by atoms with van der Waals surface area (Å²) in [6.07, 6.45) is 1.37. The van der Waals surface area contributed by atoms with Gasteiger partial charge < -0.3 is 10.0 Å². The number of amides is 1. The lowest BCUT2D eigenvalue weighted by Gasteiger charge is -2.23. The molecule has 3 unspecified atom stereocenters. The maximum absolute atomic E-state index is 12.5. The lowest BCUT2D eigenvalue weighted by molar-refractivity contribution is -0.148. The second-order valence-corrected chi connectivity index (χ2v) is 6.33. The molecule has 1 N–H and O–H groups in total. The van der Waals surface area contributed by atoms with Gasteiger partial charge in [-0.3, -0.25) is 9.59 Å². The summed E-state index contributed by atoms with van der Waals surface area (Å²) in [6, 6.07) is 0. The van der Waals surface area contributed by atoms with Crippen molar-refractivity contribution in [3.05, 3.63) is 0 Å². The minimum Gasteiger partial charge on any atom is -0.481 e. The van der Waals surface area contributed by atoms with Crippen LogP contribution in [0.1, 0.15) is 33.6 Å². The highest BCUT2D eigenvalue weighted by atomic mass is 16.4. The van der Waals surface area contributed by atoms with Gasteiger partial charge in [-0.2, -0.15) is 0 Å². The molecule has 1 aliphatic heterocycles. The van der Waals surface area contributed by atoms with Crippen molar-refractivity contribution in [2.24, 2.45) is 29.6 Å². The predicted octanol–water partition coefficient (Wildman–Crippen LogP) is 1.85. The van der Waals surface area contributed by atoms with Crippen LogP contribution in [0.2, 0.25) is 0 Å². The minimum absolute atomic E-state index is 0.0722. The Morgan fingerprint density at radius 1 is 1.00 bits per heavy atom. The minimum atomic E-state index is -0.807. The number of carboxylic acid groups (broad SMARTS) is 1. The van der Waals surface area contributed by atoms with Gasteiger partial charge in [-0.1, -0.05) is 20.8 Å². The standard InChI is InChI=1S/C14H23NO3/c1-8-4-11(12(5-8)14(17)18)13(16)15-6-9(2)10(3)7-15/h8-12H,4-7H2,1-3H3,(H,17,18)/t8?,9?,10?,11-,12+/m0/s1. The van der Waals surface area contributed by atoms with Crippen molar-refractivity contribution in [2.75, 3.05) is 13.1 Å². The summed E-state index contributed by atoms with van der Waals surface area (Å²) in [7, 11) is 0. The molecule has 1 heterocycles. The highest BCUT2D eigenvalue weighted by Gasteiger charge is 2.44. The van der Waals surface area contributed by atoms with Crippen LogP contribution in [0.15, 0.2) is 0 Å². The van der Waals surface area contributed by atoms with Gasteiger partial charge in [0.25, 0.3) is 0 Å². The fourth-order valence-corrected chi connectivity index (χ4v) is 3.38. The first-order chi connectivity index (χ1) is 8.40. The Kier molecular flexibility index (Phi) is 3.64. The maximum atomic E-state index is 12.5. The number of rotatable bonds is 2. The topological polar surface area (TPSA) is 57.6 Å². The molecule has 1 saturated heterocycles. The quantitative estimate of drug-likeness (QED) is 0.817. The Hall–Kier alpha value is -1.06. The summed E-state index contributed by atoms with van der Waals surface area (Å²) in [5.74, 6) is -0.112. The van der Waals surface area contributed by atoms with Crippen LogP contribution in [0, 0.1) is 29.6 Å². The number of carbonyl (C=O) groups excluding carboxylic acids is 1. The van der Waals surface area contributed by atoms with Crippen LogP contribution in [0.3, 0.4) is 0 Å². The molecule has 5 atom stereocenters. The molecule has 2 aliphatic rings. The second-order valence-electron chi connectivity index (χ2n) is 6.33. The van der Waals surface area contributed by atoms with E-state index in [9.17, 15) is 14.7 Å². The maximum Gasteiger partial charge on any atom is 0.307 e. The average molecular weight is 253 g/mol. The third-order valence-corrected chi connectivity index (χ3v) is 4.73. The first-order valence-electron chi connectivity index (χ1n) is 6.91. The van der Waals surface area contributed by atoms with E-state index in [0.29, 0.717) is 24.2 Å². The van der Waals surface area contributed by atoms with Crippen molar-refractivity contribution in [3.63, 3.8) is 0 Å². The summed E-state index contributed by atoms with van der Waals surface area (Å²) in [6.45, 7) is 7.93. The molecule has 1 aliphatic carbocycles. The van der Waals surface area contributed by atoms with Gasteiger partial charge in [-0.15, -0.1) is 0 Å². The smallest absolute Gasteiger partial charge is 0.307 e. The van der Waals surface area contributed by atoms with Crippen molar-refractivity contribution in [1.29, 1.82) is 0 Å². The number of carbonyl (C=O) groups is 2. The normalized spacial score (nSPS) is 40.2. The van der Waals surface area contributed by atoms with E-state index in [2.05, 4.69) is 13.8 Å². The fourth-order valence-electron chi connectivity index (χ4n) is 3.38. The van der Waals surface area contributed by atoms with Crippen molar-refractivity contribution < 1.29 is 14.7 Å². The molecule has 2 rings (SSSR count). The van der Waals surface area contributed by atoms with E-state index in [0.717, 1.165) is 19.5 Å². The van der Waals surface area contributed by atoms with Crippen LogP contribution in [-0.2, 0) is 9.59 Å². The van der Waals surface area contributed by atoms with E-state index in [1.807, 2.05) is 11.8 Å². The van der Waals surface area contributed by atoms with Gasteiger partial charge in [0.1, 0.15) is 0 Å². The molecule has 1 amide bonds. The molecule has 0 bridgehead atoms. The molecule has 1 saturated carbocycles. The average Bonchev–Trinajstić information content (AvgIpc) is 2.82. The summed E-state index contributed by atoms with van der Waals surface area (Å²) < 4.78 is 0. The number of hydrogen-bond acceptors (Lipinski definition) is 2. The number of carboxylic acids is 1. The Morgan fingerprint density at radius 2 is 1.50 bits per heavy atom. The number of hydrogen-bond donors (Lipinski definition) is 1. The Balaban J connectivity index is 2.06. The molecule has 0 radical (unpaired) electrons. The van der Waals surface area contributed by atoms with Gasteiger partial charge in [0.15, 0.2) is 0 Å². The molecule has 18 heavy (non-hydrogen) atoms. The third kappa shape index (κ3) is 2.38. The lowest BCUT2D eigenvalue weighted by Crippen LogP contribution is -2.38. The number of aliphatic carboxylic acids is 1. The highest BCUT2D eigenvalue weighted by Crippen LogP contribution is 2.38. The first kappa shape index (κ1) is 13.4. The number of likely N-dealkylation sites (tertiary alicyclic amines) is 1. The molecular weight excluding hydrogens is 230 g/mol. The van der Waals surface area contributed by atoms with Crippen LogP contribution >= 0.6 is 0 Å². The molecule has 2 fully saturated rings. The van der Waals surface area contributed by atoms with E-state index in [4.69, 9.17) is 0 Å². The van der Waals surface area contributed by atoms with Crippen LogP contribution in [0.5, 0.6) is 0 Å². The van der Waals surface area contributed by atoms with Crippen molar-refractivity contribution in [2.45, 2.75) is 33.6 Å². The van der Waals surface area contributed by atoms with Crippen LogP contribution < -0.4 is 0 Å². The largest absolute Gasteiger partial charge is 0.481 e. The zero-order chi connectivity index (χ0) is 13.4. The Morgan fingerprint density at radius 3 is 2.00 bits per heavy atom. The zero-order valence-corrected chi connectivity index (χ0v) is 11.4. The van der Waals surface area contributed by atoms with Crippen LogP contribution in [0.25, 0.3) is 0 Å². The molecule has 0 aromatic rings. The Labute approximate surface area is 108 Å². The zero-order valence-electron chi connectivity index (χ0n) is 11.4. The van der Waals surface area contributed by atoms with E-state index >= 15 is 0 Å². The molecular formula is C14H23NO3. The molecule has 0 aromatic heterocycles. The summed E-state index contributed by atoms with van der Waals surface area (Å²) in [5.41, 5.74) is 0. The molecule has 0 aromatic carbocycles. The van der Waals surface area contributed by atoms with E-state index in [1.54, 1.807) is 0 Å². The monoisotopic (exact) mass is 253 g/mol. The fraction of sp³-hybridized carbons (Fsp3) is 0.857. The third-order valence-electron chi connectivity index (χ3n) is 4.73. The number of nitrogens with zero attached hydrogens (tertiary/aromatic N) is 1. The molecule has 102 valence electrons. The second kappa shape index (κ2) is 4.90. The van der Waals surface area contributed by atoms with Gasteiger partial charge in [0, 0.05) is 13.1 Å². The lowest BCUT2D eigenvalue weighted by atomic mass is 9.95. The van der Waals surface area contributed by atoms with Gasteiger partial charge in [-0.05, 0) is 30.6 Å². The molecule has 0 spiro atoms. The summed E-state index contributed by atoms with van der Waals surface area (Å²) in [5, 5.41) is 9.23. The summed E-state index contributed by atoms with van der Waals surface area (Å²) in [4.78, 5) is 25.6. The predicted molar refractivity (Wildman–Crippen MR) is 67.9 cm³/mol. The van der Waals surface area contributed by atoms with Crippen LogP contribution in [0.4, 0.5) is 0 Å². The van der Waals surface area contributed by atoms with E-state index in [1.165, 1.54) is 0 Å². The highest BCUT2D eigenvalue weighted by molar-refractivity contribution is 5.85. The van der Waals surface area contributed by atoms with Gasteiger partial charge in [0.2, 0.25) is 5.91 Å². The first-order valence-corrected chi connectivity index (χ1v) is 6.91. The van der Waals surface area contributed by atoms with E-state index < -0.39 is 11.9 Å². The SMILES string of the molecule is CC1C[C@H](C(=O)N2CC(C)C(C)C2)[C@H](C(=O)O)C1. The van der Waals surface area contributed by atoms with Gasteiger partial charge in [0.05, 0.1) is 11.8 Å². The van der Waals surface area contributed by atoms with Gasteiger partial charge >= 0.3 is 5.97 Å². The van der Waals surface area contributed by atoms with Crippen molar-refractivity contribution in [1.82, 2.24) is 4.90 Å².